The first kappa shape index (κ1) is 19.9. The van der Waals surface area contributed by atoms with E-state index in [4.69, 9.17) is 0 Å². The predicted molar refractivity (Wildman–Crippen MR) is 107 cm³/mol. The molecule has 4 rings (SSSR count). The summed E-state index contributed by atoms with van der Waals surface area (Å²) in [5.41, 5.74) is 2.99. The maximum Gasteiger partial charge on any atom is 2.00 e. The first-order valence-corrected chi connectivity index (χ1v) is 9.10. The third kappa shape index (κ3) is 4.79. The second kappa shape index (κ2) is 9.88. The Labute approximate surface area is 170 Å². The molecule has 0 nitrogen and oxygen atoms in total. The molecule has 0 saturated heterocycles. The van der Waals surface area contributed by atoms with E-state index in [2.05, 4.69) is 86.6 Å². The summed E-state index contributed by atoms with van der Waals surface area (Å²) in [7, 11) is 0. The molecule has 0 radical (unpaired) electrons. The van der Waals surface area contributed by atoms with E-state index < -0.39 is 0 Å². The smallest absolute Gasteiger partial charge is 0.168 e. The van der Waals surface area contributed by atoms with Gasteiger partial charge in [0.05, 0.1) is 0 Å². The molecule has 0 spiro atoms. The largest absolute Gasteiger partial charge is 2.00 e. The number of benzene rings is 2. The van der Waals surface area contributed by atoms with Crippen molar-refractivity contribution in [1.29, 1.82) is 0 Å². The molecule has 0 atom stereocenters. The molecule has 0 aromatic heterocycles. The standard InChI is InChI=1S/2C12H13.Zr/c2*1-2-5-10-8-9-11-6-3-4-7-12(10)11;/h2*3-4,6-9H,2,5H2,1H3;/q2*-1;+2. The minimum Gasteiger partial charge on any atom is -0.168 e. The van der Waals surface area contributed by atoms with Gasteiger partial charge in [0.1, 0.15) is 0 Å². The summed E-state index contributed by atoms with van der Waals surface area (Å²) < 4.78 is 0. The van der Waals surface area contributed by atoms with Gasteiger partial charge in [0.25, 0.3) is 0 Å². The number of hydrogen-bond donors (Lipinski definition) is 0. The summed E-state index contributed by atoms with van der Waals surface area (Å²) in [5, 5.41) is 5.61. The van der Waals surface area contributed by atoms with Gasteiger partial charge in [-0.1, -0.05) is 51.7 Å². The first-order valence-electron chi connectivity index (χ1n) is 9.10. The predicted octanol–water partition coefficient (Wildman–Crippen LogP) is 7.02. The van der Waals surface area contributed by atoms with Gasteiger partial charge in [0.15, 0.2) is 0 Å². The van der Waals surface area contributed by atoms with Gasteiger partial charge < -0.3 is 0 Å². The average Bonchev–Trinajstić information content (AvgIpc) is 3.22. The van der Waals surface area contributed by atoms with Crippen LogP contribution in [0.15, 0.2) is 72.8 Å². The van der Waals surface area contributed by atoms with Crippen molar-refractivity contribution in [1.82, 2.24) is 0 Å². The third-order valence-corrected chi connectivity index (χ3v) is 4.58. The van der Waals surface area contributed by atoms with Gasteiger partial charge in [0, 0.05) is 0 Å². The van der Waals surface area contributed by atoms with E-state index in [1.165, 1.54) is 58.4 Å². The number of hydrogen-bond acceptors (Lipinski definition) is 0. The van der Waals surface area contributed by atoms with Gasteiger partial charge in [-0.05, 0) is 0 Å². The Morgan fingerprint density at radius 3 is 1.40 bits per heavy atom. The van der Waals surface area contributed by atoms with Crippen molar-refractivity contribution < 1.29 is 26.2 Å². The molecule has 0 aliphatic heterocycles. The Morgan fingerprint density at radius 1 is 0.600 bits per heavy atom. The summed E-state index contributed by atoms with van der Waals surface area (Å²) >= 11 is 0. The summed E-state index contributed by atoms with van der Waals surface area (Å²) in [6.45, 7) is 4.45. The Balaban J connectivity index is 0.000000173. The molecular formula is C24H26Zr. The zero-order valence-electron chi connectivity index (χ0n) is 15.3. The molecule has 0 fully saturated rings. The normalized spacial score (nSPS) is 10.3. The fourth-order valence-corrected chi connectivity index (χ4v) is 3.40. The van der Waals surface area contributed by atoms with Crippen LogP contribution >= 0.6 is 0 Å². The summed E-state index contributed by atoms with van der Waals surface area (Å²) in [5.74, 6) is 0. The molecule has 0 aliphatic carbocycles. The van der Waals surface area contributed by atoms with Gasteiger partial charge in [-0.3, -0.25) is 0 Å². The van der Waals surface area contributed by atoms with Crippen LogP contribution in [0.3, 0.4) is 0 Å². The number of fused-ring (bicyclic) bond motifs is 2. The monoisotopic (exact) mass is 404 g/mol. The maximum atomic E-state index is 2.24. The van der Waals surface area contributed by atoms with Crippen LogP contribution in [0.2, 0.25) is 0 Å². The SMILES string of the molecule is CCC[c-]1ccc2ccccc21.CCC[c-]1ccc2ccccc21.[Zr+2]. The minimum absolute atomic E-state index is 0. The molecule has 0 saturated carbocycles. The quantitative estimate of drug-likeness (QED) is 0.320. The third-order valence-electron chi connectivity index (χ3n) is 4.58. The van der Waals surface area contributed by atoms with Gasteiger partial charge in [-0.25, -0.2) is 0 Å². The van der Waals surface area contributed by atoms with E-state index in [-0.39, 0.29) is 26.2 Å². The second-order valence-corrected chi connectivity index (χ2v) is 6.39. The molecule has 0 unspecified atom stereocenters. The molecule has 0 amide bonds. The average molecular weight is 406 g/mol. The van der Waals surface area contributed by atoms with Crippen LogP contribution in [0.4, 0.5) is 0 Å². The van der Waals surface area contributed by atoms with Crippen molar-refractivity contribution in [2.75, 3.05) is 0 Å². The molecule has 0 heterocycles. The fraction of sp³-hybridized carbons (Fsp3) is 0.250. The van der Waals surface area contributed by atoms with E-state index in [0.29, 0.717) is 0 Å². The van der Waals surface area contributed by atoms with E-state index in [1.54, 1.807) is 0 Å². The zero-order valence-corrected chi connectivity index (χ0v) is 17.7. The molecule has 126 valence electrons. The van der Waals surface area contributed by atoms with Crippen LogP contribution in [0.5, 0.6) is 0 Å². The first-order chi connectivity index (χ1) is 11.8. The van der Waals surface area contributed by atoms with E-state index in [1.807, 2.05) is 0 Å². The van der Waals surface area contributed by atoms with E-state index in [9.17, 15) is 0 Å². The van der Waals surface area contributed by atoms with Crippen LogP contribution < -0.4 is 0 Å². The summed E-state index contributed by atoms with van der Waals surface area (Å²) in [4.78, 5) is 0. The number of rotatable bonds is 4. The van der Waals surface area contributed by atoms with Crippen LogP contribution in [0.1, 0.15) is 37.8 Å². The Kier molecular flexibility index (Phi) is 7.85. The summed E-state index contributed by atoms with van der Waals surface area (Å²) in [6, 6.07) is 26.1. The van der Waals surface area contributed by atoms with Crippen molar-refractivity contribution in [3.63, 3.8) is 0 Å². The fourth-order valence-electron chi connectivity index (χ4n) is 3.40. The molecular weight excluding hydrogens is 379 g/mol. The van der Waals surface area contributed by atoms with Crippen LogP contribution in [0.25, 0.3) is 21.5 Å². The van der Waals surface area contributed by atoms with Gasteiger partial charge in [-0.2, -0.15) is 12.1 Å². The molecule has 1 heteroatoms. The van der Waals surface area contributed by atoms with E-state index >= 15 is 0 Å². The second-order valence-electron chi connectivity index (χ2n) is 6.39. The van der Waals surface area contributed by atoms with Gasteiger partial charge >= 0.3 is 26.2 Å². The van der Waals surface area contributed by atoms with Crippen molar-refractivity contribution in [2.45, 2.75) is 39.5 Å². The summed E-state index contributed by atoms with van der Waals surface area (Å²) in [6.07, 6.45) is 4.86. The number of aryl methyl sites for hydroxylation is 2. The van der Waals surface area contributed by atoms with E-state index in [0.717, 1.165) is 0 Å². The van der Waals surface area contributed by atoms with Crippen molar-refractivity contribution in [3.8, 4) is 0 Å². The van der Waals surface area contributed by atoms with Gasteiger partial charge in [-0.15, -0.1) is 81.2 Å². The molecule has 0 N–H and O–H groups in total. The molecule has 4 aromatic rings. The molecule has 0 aliphatic rings. The van der Waals surface area contributed by atoms with Crippen molar-refractivity contribution in [2.24, 2.45) is 0 Å². The topological polar surface area (TPSA) is 0 Å². The minimum atomic E-state index is 0. The van der Waals surface area contributed by atoms with Crippen molar-refractivity contribution >= 4 is 21.5 Å². The molecule has 25 heavy (non-hydrogen) atoms. The Morgan fingerprint density at radius 2 is 1.00 bits per heavy atom. The van der Waals surface area contributed by atoms with Crippen molar-refractivity contribution in [3.05, 3.63) is 83.9 Å². The Bertz CT molecular complexity index is 818. The maximum absolute atomic E-state index is 2.24. The van der Waals surface area contributed by atoms with Crippen LogP contribution in [-0.4, -0.2) is 0 Å². The zero-order chi connectivity index (χ0) is 16.8. The molecule has 0 bridgehead atoms. The molecule has 4 aromatic carbocycles. The Hall–Kier alpha value is -1.46. The van der Waals surface area contributed by atoms with Crippen LogP contribution in [0, 0.1) is 0 Å². The van der Waals surface area contributed by atoms with Crippen LogP contribution in [-0.2, 0) is 39.0 Å². The van der Waals surface area contributed by atoms with Gasteiger partial charge in [0.2, 0.25) is 0 Å².